The van der Waals surface area contributed by atoms with Crippen molar-refractivity contribution in [2.75, 3.05) is 18.6 Å². The van der Waals surface area contributed by atoms with Crippen molar-refractivity contribution in [1.29, 1.82) is 0 Å². The number of carbonyl (C=O) groups excluding carboxylic acids is 1. The van der Waals surface area contributed by atoms with E-state index >= 15 is 0 Å². The van der Waals surface area contributed by atoms with Crippen molar-refractivity contribution < 1.29 is 13.2 Å². The molecule has 0 saturated heterocycles. The number of nitrogens with zero attached hydrogens (tertiary/aromatic N) is 1. The molecule has 19 heavy (non-hydrogen) atoms. The molecule has 1 rings (SSSR count). The maximum Gasteiger partial charge on any atom is 0.267 e. The number of hydrogen-bond acceptors (Lipinski definition) is 3. The van der Waals surface area contributed by atoms with Gasteiger partial charge in [0.25, 0.3) is 5.91 Å². The summed E-state index contributed by atoms with van der Waals surface area (Å²) < 4.78 is 24.7. The van der Waals surface area contributed by atoms with E-state index in [2.05, 4.69) is 21.2 Å². The van der Waals surface area contributed by atoms with Crippen LogP contribution in [0.25, 0.3) is 0 Å². The Hall–Kier alpha value is -0.820. The first-order valence-electron chi connectivity index (χ1n) is 6.15. The minimum atomic E-state index is -2.96. The van der Waals surface area contributed by atoms with Crippen LogP contribution in [0.1, 0.15) is 30.3 Å². The smallest absolute Gasteiger partial charge is 0.267 e. The number of carbonyl (C=O) groups is 1. The highest BCUT2D eigenvalue weighted by atomic mass is 79.9. The van der Waals surface area contributed by atoms with Crippen LogP contribution in [0.15, 0.2) is 16.7 Å². The Labute approximate surface area is 122 Å². The first kappa shape index (κ1) is 16.2. The Bertz CT molecular complexity index is 537. The summed E-state index contributed by atoms with van der Waals surface area (Å²) in [6.07, 6.45) is 4.43. The minimum absolute atomic E-state index is 0.0902. The van der Waals surface area contributed by atoms with Crippen LogP contribution < -0.4 is 5.32 Å². The molecule has 0 radical (unpaired) electrons. The Morgan fingerprint density at radius 2 is 2.16 bits per heavy atom. The molecule has 5 nitrogen and oxygen atoms in total. The molecular weight excluding hydrogens is 332 g/mol. The summed E-state index contributed by atoms with van der Waals surface area (Å²) in [5.74, 6) is -0.0832. The largest absolute Gasteiger partial charge is 0.351 e. The summed E-state index contributed by atoms with van der Waals surface area (Å²) in [4.78, 5) is 12.0. The molecule has 1 N–H and O–H groups in total. The van der Waals surface area contributed by atoms with Crippen molar-refractivity contribution in [2.45, 2.75) is 26.3 Å². The first-order valence-corrected chi connectivity index (χ1v) is 9.00. The topological polar surface area (TPSA) is 68.2 Å². The highest BCUT2D eigenvalue weighted by Crippen LogP contribution is 2.15. The van der Waals surface area contributed by atoms with E-state index in [0.29, 0.717) is 18.7 Å². The van der Waals surface area contributed by atoms with Gasteiger partial charge >= 0.3 is 0 Å². The van der Waals surface area contributed by atoms with Gasteiger partial charge in [0.15, 0.2) is 0 Å². The molecule has 0 aliphatic heterocycles. The molecule has 0 bridgehead atoms. The van der Waals surface area contributed by atoms with Gasteiger partial charge < -0.3 is 9.88 Å². The Morgan fingerprint density at radius 3 is 2.74 bits per heavy atom. The van der Waals surface area contributed by atoms with Crippen LogP contribution in [-0.2, 0) is 16.4 Å². The normalized spacial score (nSPS) is 11.5. The molecule has 0 aromatic carbocycles. The van der Waals surface area contributed by atoms with Gasteiger partial charge in [-0.15, -0.1) is 0 Å². The standard InChI is InChI=1S/C12H19BrN2O3S/c1-3-6-15-9-10(13)8-11(15)12(16)14-5-4-7-19(2,17)18/h8-9H,3-7H2,1-2H3,(H,14,16). The summed E-state index contributed by atoms with van der Waals surface area (Å²) in [6.45, 7) is 3.18. The number of aryl methyl sites for hydroxylation is 1. The number of amides is 1. The van der Waals surface area contributed by atoms with Crippen LogP contribution >= 0.6 is 15.9 Å². The molecule has 1 aromatic heterocycles. The predicted octanol–water partition coefficient (Wildman–Crippen LogP) is 1.83. The zero-order valence-corrected chi connectivity index (χ0v) is 13.6. The van der Waals surface area contributed by atoms with Crippen molar-refractivity contribution in [3.8, 4) is 0 Å². The molecule has 0 saturated carbocycles. The molecule has 108 valence electrons. The second-order valence-corrected chi connectivity index (χ2v) is 7.65. The molecule has 0 atom stereocenters. The van der Waals surface area contributed by atoms with E-state index in [-0.39, 0.29) is 11.7 Å². The van der Waals surface area contributed by atoms with E-state index < -0.39 is 9.84 Å². The summed E-state index contributed by atoms with van der Waals surface area (Å²) in [5, 5.41) is 2.74. The minimum Gasteiger partial charge on any atom is -0.351 e. The van der Waals surface area contributed by atoms with Crippen LogP contribution in [0.4, 0.5) is 0 Å². The number of halogens is 1. The monoisotopic (exact) mass is 350 g/mol. The third kappa shape index (κ3) is 5.78. The average Bonchev–Trinajstić information content (AvgIpc) is 2.65. The summed E-state index contributed by atoms with van der Waals surface area (Å²) in [7, 11) is -2.96. The molecule has 1 aromatic rings. The third-order valence-corrected chi connectivity index (χ3v) is 4.00. The highest BCUT2D eigenvalue weighted by Gasteiger charge is 2.12. The van der Waals surface area contributed by atoms with E-state index in [0.717, 1.165) is 17.4 Å². The SMILES string of the molecule is CCCn1cc(Br)cc1C(=O)NCCCS(C)(=O)=O. The summed E-state index contributed by atoms with van der Waals surface area (Å²) >= 11 is 3.35. The van der Waals surface area contributed by atoms with Gasteiger partial charge in [0, 0.05) is 30.0 Å². The lowest BCUT2D eigenvalue weighted by Crippen LogP contribution is -2.27. The summed E-state index contributed by atoms with van der Waals surface area (Å²) in [5.41, 5.74) is 0.591. The van der Waals surface area contributed by atoms with Gasteiger partial charge in [-0.2, -0.15) is 0 Å². The predicted molar refractivity (Wildman–Crippen MR) is 79.1 cm³/mol. The van der Waals surface area contributed by atoms with Crippen LogP contribution in [-0.4, -0.2) is 37.4 Å². The van der Waals surface area contributed by atoms with E-state index in [1.807, 2.05) is 17.7 Å². The molecule has 7 heteroatoms. The fourth-order valence-corrected chi connectivity index (χ4v) is 2.85. The van der Waals surface area contributed by atoms with E-state index in [1.165, 1.54) is 6.26 Å². The number of hydrogen-bond donors (Lipinski definition) is 1. The molecule has 0 aliphatic carbocycles. The lowest BCUT2D eigenvalue weighted by atomic mass is 10.3. The van der Waals surface area contributed by atoms with Crippen molar-refractivity contribution in [2.24, 2.45) is 0 Å². The van der Waals surface area contributed by atoms with Gasteiger partial charge in [-0.05, 0) is 34.8 Å². The van der Waals surface area contributed by atoms with Crippen molar-refractivity contribution in [1.82, 2.24) is 9.88 Å². The van der Waals surface area contributed by atoms with Crippen LogP contribution in [0.5, 0.6) is 0 Å². The third-order valence-electron chi connectivity index (χ3n) is 2.54. The zero-order valence-electron chi connectivity index (χ0n) is 11.1. The molecule has 0 aliphatic rings. The zero-order chi connectivity index (χ0) is 14.5. The van der Waals surface area contributed by atoms with E-state index in [4.69, 9.17) is 0 Å². The van der Waals surface area contributed by atoms with Crippen molar-refractivity contribution in [3.05, 3.63) is 22.4 Å². The number of aromatic nitrogens is 1. The lowest BCUT2D eigenvalue weighted by Gasteiger charge is -2.08. The van der Waals surface area contributed by atoms with Gasteiger partial charge in [0.1, 0.15) is 15.5 Å². The van der Waals surface area contributed by atoms with Crippen molar-refractivity contribution >= 4 is 31.7 Å². The quantitative estimate of drug-likeness (QED) is 0.762. The fraction of sp³-hybridized carbons (Fsp3) is 0.583. The Balaban J connectivity index is 2.54. The molecule has 0 spiro atoms. The van der Waals surface area contributed by atoms with Gasteiger partial charge in [-0.1, -0.05) is 6.92 Å². The van der Waals surface area contributed by atoms with Crippen LogP contribution in [0.2, 0.25) is 0 Å². The maximum absolute atomic E-state index is 12.0. The summed E-state index contributed by atoms with van der Waals surface area (Å²) in [6, 6.07) is 1.77. The van der Waals surface area contributed by atoms with Crippen LogP contribution in [0.3, 0.4) is 0 Å². The maximum atomic E-state index is 12.0. The van der Waals surface area contributed by atoms with Gasteiger partial charge in [0.05, 0.1) is 5.75 Å². The molecule has 0 unspecified atom stereocenters. The lowest BCUT2D eigenvalue weighted by molar-refractivity contribution is 0.0944. The molecule has 1 amide bonds. The number of rotatable bonds is 7. The molecule has 1 heterocycles. The van der Waals surface area contributed by atoms with Crippen molar-refractivity contribution in [3.63, 3.8) is 0 Å². The van der Waals surface area contributed by atoms with E-state index in [9.17, 15) is 13.2 Å². The average molecular weight is 351 g/mol. The highest BCUT2D eigenvalue weighted by molar-refractivity contribution is 9.10. The first-order chi connectivity index (χ1) is 8.83. The Kier molecular flexibility index (Phi) is 6.06. The molecule has 0 fully saturated rings. The molecular formula is C12H19BrN2O3S. The van der Waals surface area contributed by atoms with Gasteiger partial charge in [-0.25, -0.2) is 8.42 Å². The van der Waals surface area contributed by atoms with E-state index in [1.54, 1.807) is 6.07 Å². The fourth-order valence-electron chi connectivity index (χ4n) is 1.72. The van der Waals surface area contributed by atoms with Gasteiger partial charge in [-0.3, -0.25) is 4.79 Å². The number of nitrogens with one attached hydrogen (secondary N) is 1. The number of sulfone groups is 1. The second-order valence-electron chi connectivity index (χ2n) is 4.48. The Morgan fingerprint density at radius 1 is 1.47 bits per heavy atom. The van der Waals surface area contributed by atoms with Gasteiger partial charge in [0.2, 0.25) is 0 Å². The second kappa shape index (κ2) is 7.09. The van der Waals surface area contributed by atoms with Crippen LogP contribution in [0, 0.1) is 0 Å².